The van der Waals surface area contributed by atoms with Crippen LogP contribution in [0.3, 0.4) is 0 Å². The number of phenolic OH excluding ortho intramolecular Hbond substituents is 1. The van der Waals surface area contributed by atoms with Crippen LogP contribution in [0.2, 0.25) is 0 Å². The van der Waals surface area contributed by atoms with Crippen LogP contribution in [-0.4, -0.2) is 90.8 Å². The van der Waals surface area contributed by atoms with Gasteiger partial charge in [-0.3, -0.25) is 33.7 Å². The molecule has 0 radical (unpaired) electrons. The van der Waals surface area contributed by atoms with E-state index < -0.39 is 51.9 Å². The average molecular weight is 774 g/mol. The van der Waals surface area contributed by atoms with Crippen LogP contribution in [0.25, 0.3) is 27.4 Å². The quantitative estimate of drug-likeness (QED) is 0.178. The molecule has 0 aliphatic carbocycles. The van der Waals surface area contributed by atoms with Crippen LogP contribution in [0.5, 0.6) is 5.75 Å². The number of phenols is 1. The molecule has 288 valence electrons. The minimum absolute atomic E-state index is 0.116. The van der Waals surface area contributed by atoms with Gasteiger partial charge in [0.1, 0.15) is 30.3 Å². The van der Waals surface area contributed by atoms with Crippen LogP contribution >= 0.6 is 0 Å². The molecule has 4 aliphatic rings. The van der Waals surface area contributed by atoms with Crippen LogP contribution in [-0.2, 0) is 36.4 Å². The molecule has 3 fully saturated rings. The Hall–Kier alpha value is -5.55. The van der Waals surface area contributed by atoms with Gasteiger partial charge in [-0.15, -0.1) is 0 Å². The lowest BCUT2D eigenvalue weighted by Gasteiger charge is -2.37. The number of benzene rings is 3. The number of nitrogens with zero attached hydrogens (tertiary/aromatic N) is 5. The summed E-state index contributed by atoms with van der Waals surface area (Å²) in [5, 5.41) is 13.3. The molecule has 4 aromatic rings. The van der Waals surface area contributed by atoms with Crippen molar-refractivity contribution in [2.24, 2.45) is 18.9 Å². The maximum absolute atomic E-state index is 15.8. The monoisotopic (exact) mass is 773 g/mol. The molecule has 4 aliphatic heterocycles. The largest absolute Gasteiger partial charge is 0.506 e. The number of piperidine rings is 2. The number of fused-ring (bicyclic) bond motifs is 2. The molecule has 55 heavy (non-hydrogen) atoms. The predicted molar refractivity (Wildman–Crippen MR) is 202 cm³/mol. The van der Waals surface area contributed by atoms with Crippen molar-refractivity contribution < 1.29 is 37.1 Å². The molecule has 0 bridgehead atoms. The van der Waals surface area contributed by atoms with Gasteiger partial charge in [0.05, 0.1) is 11.0 Å². The number of aldehydes is 1. The first kappa shape index (κ1) is 36.4. The molecule has 1 aromatic heterocycles. The van der Waals surface area contributed by atoms with E-state index in [-0.39, 0.29) is 41.7 Å². The summed E-state index contributed by atoms with van der Waals surface area (Å²) in [5.74, 6) is -3.13. The average Bonchev–Trinajstić information content (AvgIpc) is 3.58. The molecule has 3 aromatic carbocycles. The zero-order valence-electron chi connectivity index (χ0n) is 30.0. The Balaban J connectivity index is 0.913. The highest BCUT2D eigenvalue weighted by molar-refractivity contribution is 7.92. The fourth-order valence-electron chi connectivity index (χ4n) is 8.52. The number of anilines is 2. The SMILES string of the molecule is Cn1c(=O)n(C2CCC(=O)NC2=O)c2ccc(N3CCC(C(C=O)CN4CC=C(c5ccc6cc(O)c(N7CC(=O)NS7(=O)=O)c(F)c6c5)CC4)CC3)cc21. The van der Waals surface area contributed by atoms with E-state index in [9.17, 15) is 37.5 Å². The van der Waals surface area contributed by atoms with E-state index in [0.717, 1.165) is 49.0 Å². The van der Waals surface area contributed by atoms with Crippen molar-refractivity contribution >= 4 is 73.0 Å². The smallest absolute Gasteiger partial charge is 0.329 e. The van der Waals surface area contributed by atoms with Gasteiger partial charge < -0.3 is 14.8 Å². The summed E-state index contributed by atoms with van der Waals surface area (Å²) in [7, 11) is -2.66. The van der Waals surface area contributed by atoms with E-state index in [1.807, 2.05) is 24.3 Å². The number of nitrogens with one attached hydrogen (secondary N) is 2. The standard InChI is InChI=1S/C38H40FN7O8S/c1-42-31-18-27(4-5-29(31)46(38(42)52)30-6-7-33(49)40-37(30)51)44-14-10-23(11-15-44)26(21-47)19-43-12-8-22(9-13-43)24-2-3-25-17-32(48)36(35(39)28(25)16-24)45-20-34(50)41-55(45,53)54/h2-5,8,16-18,21,23,26,30,48H,6-7,9-15,19-20H2,1H3,(H,41,50)(H,40,49,51). The zero-order valence-corrected chi connectivity index (χ0v) is 30.9. The molecule has 17 heteroatoms. The number of rotatable bonds is 8. The van der Waals surface area contributed by atoms with Crippen molar-refractivity contribution in [1.82, 2.24) is 24.1 Å². The molecule has 5 heterocycles. The number of carbonyl (C=O) groups excluding carboxylic acids is 4. The number of imide groups is 1. The van der Waals surface area contributed by atoms with E-state index in [1.54, 1.807) is 23.9 Å². The first-order valence-electron chi connectivity index (χ1n) is 18.3. The van der Waals surface area contributed by atoms with Crippen LogP contribution in [0, 0.1) is 17.7 Å². The third kappa shape index (κ3) is 6.54. The number of aryl methyl sites for hydroxylation is 1. The maximum Gasteiger partial charge on any atom is 0.329 e. The summed E-state index contributed by atoms with van der Waals surface area (Å²) in [6.45, 7) is 2.72. The number of amides is 3. The Kier molecular flexibility index (Phi) is 9.23. The molecular formula is C38H40FN7O8S. The van der Waals surface area contributed by atoms with Gasteiger partial charge in [-0.05, 0) is 78.5 Å². The fraction of sp³-hybridized carbons (Fsp3) is 0.395. The highest BCUT2D eigenvalue weighted by Gasteiger charge is 2.38. The van der Waals surface area contributed by atoms with E-state index in [1.165, 1.54) is 15.2 Å². The Bertz CT molecular complexity index is 2490. The molecule has 3 N–H and O–H groups in total. The van der Waals surface area contributed by atoms with Crippen LogP contribution in [0.15, 0.2) is 53.3 Å². The topological polar surface area (TPSA) is 183 Å². The van der Waals surface area contributed by atoms with Gasteiger partial charge in [0, 0.05) is 63.2 Å². The van der Waals surface area contributed by atoms with Gasteiger partial charge in [0.25, 0.3) is 5.91 Å². The second-order valence-electron chi connectivity index (χ2n) is 14.7. The van der Waals surface area contributed by atoms with Gasteiger partial charge in [-0.1, -0.05) is 18.2 Å². The number of halogens is 1. The minimum atomic E-state index is -4.33. The van der Waals surface area contributed by atoms with E-state index in [4.69, 9.17) is 0 Å². The van der Waals surface area contributed by atoms with Crippen LogP contribution in [0.4, 0.5) is 15.8 Å². The highest BCUT2D eigenvalue weighted by Crippen LogP contribution is 2.40. The molecule has 15 nitrogen and oxygen atoms in total. The van der Waals surface area contributed by atoms with E-state index in [0.29, 0.717) is 46.8 Å². The second-order valence-corrected chi connectivity index (χ2v) is 16.3. The van der Waals surface area contributed by atoms with Gasteiger partial charge in [0.15, 0.2) is 5.82 Å². The van der Waals surface area contributed by atoms with Crippen LogP contribution < -0.4 is 24.9 Å². The highest BCUT2D eigenvalue weighted by atomic mass is 32.2. The van der Waals surface area contributed by atoms with Crippen molar-refractivity contribution in [1.29, 1.82) is 0 Å². The number of aromatic nitrogens is 2. The summed E-state index contributed by atoms with van der Waals surface area (Å²) in [5.41, 5.74) is 3.13. The molecule has 0 spiro atoms. The molecule has 2 atom stereocenters. The van der Waals surface area contributed by atoms with Crippen molar-refractivity contribution in [3.63, 3.8) is 0 Å². The summed E-state index contributed by atoms with van der Waals surface area (Å²) in [4.78, 5) is 66.1. The van der Waals surface area contributed by atoms with E-state index in [2.05, 4.69) is 21.2 Å². The Morgan fingerprint density at radius 3 is 2.42 bits per heavy atom. The number of aromatic hydroxyl groups is 1. The number of hydrogen-bond acceptors (Lipinski definition) is 10. The third-order valence-corrected chi connectivity index (χ3v) is 12.9. The van der Waals surface area contributed by atoms with Crippen molar-refractivity contribution in [2.75, 3.05) is 48.5 Å². The zero-order chi connectivity index (χ0) is 38.8. The number of carbonyl (C=O) groups is 4. The summed E-state index contributed by atoms with van der Waals surface area (Å²) in [6, 6.07) is 11.4. The summed E-state index contributed by atoms with van der Waals surface area (Å²) in [6.07, 6.45) is 5.84. The minimum Gasteiger partial charge on any atom is -0.506 e. The predicted octanol–water partition coefficient (Wildman–Crippen LogP) is 2.32. The summed E-state index contributed by atoms with van der Waals surface area (Å²) < 4.78 is 45.9. The second kappa shape index (κ2) is 13.9. The first-order valence-corrected chi connectivity index (χ1v) is 19.7. The lowest BCUT2D eigenvalue weighted by atomic mass is 9.84. The molecule has 3 saturated heterocycles. The van der Waals surface area contributed by atoms with Crippen LogP contribution in [0.1, 0.15) is 43.7 Å². The van der Waals surface area contributed by atoms with Crippen molar-refractivity contribution in [3.8, 4) is 5.75 Å². The molecule has 3 amide bonds. The maximum atomic E-state index is 15.8. The third-order valence-electron chi connectivity index (χ3n) is 11.5. The first-order chi connectivity index (χ1) is 26.3. The van der Waals surface area contributed by atoms with Gasteiger partial charge in [-0.25, -0.2) is 18.2 Å². The molecule has 0 saturated carbocycles. The van der Waals surface area contributed by atoms with Gasteiger partial charge >= 0.3 is 15.9 Å². The van der Waals surface area contributed by atoms with Gasteiger partial charge in [-0.2, -0.15) is 8.42 Å². The molecular weight excluding hydrogens is 734 g/mol. The summed E-state index contributed by atoms with van der Waals surface area (Å²) >= 11 is 0. The number of imidazole rings is 1. The van der Waals surface area contributed by atoms with Gasteiger partial charge in [0.2, 0.25) is 11.8 Å². The Labute approximate surface area is 315 Å². The fourth-order valence-corrected chi connectivity index (χ4v) is 9.68. The normalized spacial score (nSPS) is 21.5. The number of hydrogen-bond donors (Lipinski definition) is 3. The van der Waals surface area contributed by atoms with Crippen molar-refractivity contribution in [3.05, 3.63) is 70.4 Å². The Morgan fingerprint density at radius 2 is 1.75 bits per heavy atom. The van der Waals surface area contributed by atoms with E-state index >= 15 is 4.39 Å². The lowest BCUT2D eigenvalue weighted by Crippen LogP contribution is -2.44. The van der Waals surface area contributed by atoms with Crippen molar-refractivity contribution in [2.45, 2.75) is 38.1 Å². The molecule has 2 unspecified atom stereocenters. The lowest BCUT2D eigenvalue weighted by molar-refractivity contribution is -0.135. The Morgan fingerprint density at radius 1 is 0.964 bits per heavy atom. The molecule has 8 rings (SSSR count).